The second kappa shape index (κ2) is 5.47. The summed E-state index contributed by atoms with van der Waals surface area (Å²) in [6.07, 6.45) is 0.374. The maximum Gasteiger partial charge on any atom is 0.309 e. The Balaban J connectivity index is 3.58. The highest BCUT2D eigenvalue weighted by molar-refractivity contribution is 9.11. The number of ether oxygens (including phenoxy) is 1. The van der Waals surface area contributed by atoms with Gasteiger partial charge in [0.1, 0.15) is 0 Å². The van der Waals surface area contributed by atoms with Crippen LogP contribution in [0.2, 0.25) is 0 Å². The minimum absolute atomic E-state index is 0.171. The maximum absolute atomic E-state index is 10.7. The van der Waals surface area contributed by atoms with Crippen molar-refractivity contribution in [2.45, 2.75) is 20.3 Å². The lowest BCUT2D eigenvalue weighted by Gasteiger charge is -1.99. The Morgan fingerprint density at radius 3 is 2.70 bits per heavy atom. The Morgan fingerprint density at radius 2 is 2.30 bits per heavy atom. The molecule has 10 heavy (non-hydrogen) atoms. The van der Waals surface area contributed by atoms with E-state index in [2.05, 4.69) is 15.9 Å². The first-order chi connectivity index (χ1) is 4.70. The van der Waals surface area contributed by atoms with Crippen LogP contribution in [0.5, 0.6) is 0 Å². The van der Waals surface area contributed by atoms with Crippen molar-refractivity contribution in [3.8, 4) is 0 Å². The summed E-state index contributed by atoms with van der Waals surface area (Å²) in [5, 5.41) is 0. The number of esters is 1. The van der Waals surface area contributed by atoms with Gasteiger partial charge in [0.05, 0.1) is 13.0 Å². The maximum atomic E-state index is 10.7. The van der Waals surface area contributed by atoms with Crippen molar-refractivity contribution in [3.63, 3.8) is 0 Å². The molecule has 0 atom stereocenters. The molecule has 3 heteroatoms. The van der Waals surface area contributed by atoms with Crippen LogP contribution in [0.4, 0.5) is 0 Å². The molecular weight excluding hydrogens is 196 g/mol. The Bertz CT molecular complexity index is 141. The molecule has 0 aliphatic rings. The molecule has 0 rings (SSSR count). The fourth-order valence-corrected chi connectivity index (χ4v) is 0.640. The summed E-state index contributed by atoms with van der Waals surface area (Å²) in [7, 11) is 0. The molecule has 0 aliphatic carbocycles. The third-order valence-electron chi connectivity index (χ3n) is 0.915. The third kappa shape index (κ3) is 4.56. The largest absolute Gasteiger partial charge is 0.466 e. The van der Waals surface area contributed by atoms with Crippen LogP contribution in [0.3, 0.4) is 0 Å². The lowest BCUT2D eigenvalue weighted by molar-refractivity contribution is -0.142. The quantitative estimate of drug-likeness (QED) is 0.663. The molecule has 0 amide bonds. The Morgan fingerprint density at radius 1 is 1.70 bits per heavy atom. The fraction of sp³-hybridized carbons (Fsp3) is 0.571. The molecule has 0 aliphatic heterocycles. The zero-order valence-electron chi connectivity index (χ0n) is 6.19. The molecule has 0 fully saturated rings. The monoisotopic (exact) mass is 206 g/mol. The van der Waals surface area contributed by atoms with Gasteiger partial charge in [-0.25, -0.2) is 0 Å². The molecule has 0 N–H and O–H groups in total. The second-order valence-electron chi connectivity index (χ2n) is 1.94. The topological polar surface area (TPSA) is 26.3 Å². The summed E-state index contributed by atoms with van der Waals surface area (Å²) in [6.45, 7) is 4.12. The number of carbonyl (C=O) groups is 1. The molecule has 0 aromatic carbocycles. The highest BCUT2D eigenvalue weighted by Crippen LogP contribution is 2.03. The Hall–Kier alpha value is -0.310. The van der Waals surface area contributed by atoms with Crippen molar-refractivity contribution in [3.05, 3.63) is 10.6 Å². The van der Waals surface area contributed by atoms with Crippen molar-refractivity contribution >= 4 is 21.9 Å². The zero-order chi connectivity index (χ0) is 7.98. The average molecular weight is 207 g/mol. The first kappa shape index (κ1) is 9.69. The molecule has 0 saturated carbocycles. The summed E-state index contributed by atoms with van der Waals surface area (Å²) in [4.78, 5) is 12.5. The van der Waals surface area contributed by atoms with E-state index in [1.807, 2.05) is 6.92 Å². The van der Waals surface area contributed by atoms with Gasteiger partial charge in [-0.15, -0.1) is 0 Å². The molecule has 0 bridgehead atoms. The summed E-state index contributed by atoms with van der Waals surface area (Å²) in [5.41, 5.74) is 0.971. The predicted octanol–water partition coefficient (Wildman–Crippen LogP) is 2.24. The highest BCUT2D eigenvalue weighted by atomic mass is 79.9. The summed E-state index contributed by atoms with van der Waals surface area (Å²) < 4.78 is 4.71. The van der Waals surface area contributed by atoms with Crippen molar-refractivity contribution in [1.82, 2.24) is 0 Å². The SMILES string of the molecule is CCOC(=O)CC(C)=CBr. The second-order valence-corrected chi connectivity index (χ2v) is 2.40. The molecule has 0 radical (unpaired) electrons. The first-order valence-electron chi connectivity index (χ1n) is 3.12. The number of hydrogen-bond donors (Lipinski definition) is 0. The van der Waals surface area contributed by atoms with Crippen LogP contribution in [0, 0.1) is 0 Å². The standard InChI is InChI=1S/C7H11BrO2/c1-3-10-7(9)4-6(2)5-8/h5H,3-4H2,1-2H3. The van der Waals surface area contributed by atoms with E-state index in [9.17, 15) is 4.79 Å². The lowest BCUT2D eigenvalue weighted by Crippen LogP contribution is -2.03. The molecule has 0 saturated heterocycles. The van der Waals surface area contributed by atoms with Crippen molar-refractivity contribution < 1.29 is 9.53 Å². The van der Waals surface area contributed by atoms with Gasteiger partial charge in [0, 0.05) is 0 Å². The minimum atomic E-state index is -0.171. The minimum Gasteiger partial charge on any atom is -0.466 e. The van der Waals surface area contributed by atoms with Gasteiger partial charge in [0.2, 0.25) is 0 Å². The number of carbonyl (C=O) groups excluding carboxylic acids is 1. The van der Waals surface area contributed by atoms with Gasteiger partial charge in [-0.05, 0) is 18.8 Å². The van der Waals surface area contributed by atoms with E-state index < -0.39 is 0 Å². The highest BCUT2D eigenvalue weighted by Gasteiger charge is 2.00. The molecule has 0 aromatic rings. The van der Waals surface area contributed by atoms with Crippen molar-refractivity contribution in [2.75, 3.05) is 6.61 Å². The van der Waals surface area contributed by atoms with E-state index in [0.29, 0.717) is 13.0 Å². The van der Waals surface area contributed by atoms with Gasteiger partial charge in [0.15, 0.2) is 0 Å². The van der Waals surface area contributed by atoms with E-state index in [0.717, 1.165) is 5.57 Å². The van der Waals surface area contributed by atoms with Gasteiger partial charge >= 0.3 is 5.97 Å². The van der Waals surface area contributed by atoms with Crippen molar-refractivity contribution in [1.29, 1.82) is 0 Å². The van der Waals surface area contributed by atoms with Crippen LogP contribution in [0.1, 0.15) is 20.3 Å². The Kier molecular flexibility index (Phi) is 5.30. The molecular formula is C7H11BrO2. The van der Waals surface area contributed by atoms with Crippen LogP contribution in [-0.4, -0.2) is 12.6 Å². The lowest BCUT2D eigenvalue weighted by atomic mass is 10.2. The third-order valence-corrected chi connectivity index (χ3v) is 1.70. The summed E-state index contributed by atoms with van der Waals surface area (Å²) in [5.74, 6) is -0.171. The van der Waals surface area contributed by atoms with Gasteiger partial charge in [0.25, 0.3) is 0 Å². The average Bonchev–Trinajstić information content (AvgIpc) is 1.88. The summed E-state index contributed by atoms with van der Waals surface area (Å²) >= 11 is 3.12. The van der Waals surface area contributed by atoms with E-state index in [1.165, 1.54) is 0 Å². The molecule has 0 spiro atoms. The van der Waals surface area contributed by atoms with Gasteiger partial charge < -0.3 is 4.74 Å². The number of rotatable bonds is 3. The van der Waals surface area contributed by atoms with Crippen LogP contribution in [0.15, 0.2) is 10.6 Å². The zero-order valence-corrected chi connectivity index (χ0v) is 7.77. The normalized spacial score (nSPS) is 11.3. The first-order valence-corrected chi connectivity index (χ1v) is 4.03. The predicted molar refractivity (Wildman–Crippen MR) is 43.9 cm³/mol. The van der Waals surface area contributed by atoms with E-state index in [4.69, 9.17) is 4.74 Å². The molecule has 2 nitrogen and oxygen atoms in total. The molecule has 0 heterocycles. The fourth-order valence-electron chi connectivity index (χ4n) is 0.478. The number of halogens is 1. The van der Waals surface area contributed by atoms with E-state index >= 15 is 0 Å². The van der Waals surface area contributed by atoms with Crippen molar-refractivity contribution in [2.24, 2.45) is 0 Å². The van der Waals surface area contributed by atoms with Crippen LogP contribution in [0.25, 0.3) is 0 Å². The Labute approximate surface area is 69.4 Å². The van der Waals surface area contributed by atoms with Crippen LogP contribution >= 0.6 is 15.9 Å². The molecule has 0 aromatic heterocycles. The smallest absolute Gasteiger partial charge is 0.309 e. The van der Waals surface area contributed by atoms with Crippen LogP contribution < -0.4 is 0 Å². The number of hydrogen-bond acceptors (Lipinski definition) is 2. The van der Waals surface area contributed by atoms with Gasteiger partial charge in [-0.2, -0.15) is 0 Å². The molecule has 58 valence electrons. The van der Waals surface area contributed by atoms with E-state index in [1.54, 1.807) is 11.9 Å². The summed E-state index contributed by atoms with van der Waals surface area (Å²) in [6, 6.07) is 0. The van der Waals surface area contributed by atoms with Crippen LogP contribution in [-0.2, 0) is 9.53 Å². The van der Waals surface area contributed by atoms with Gasteiger partial charge in [-0.1, -0.05) is 21.5 Å². The van der Waals surface area contributed by atoms with Gasteiger partial charge in [-0.3, -0.25) is 4.79 Å². The van der Waals surface area contributed by atoms with E-state index in [-0.39, 0.29) is 5.97 Å². The molecule has 0 unspecified atom stereocenters.